The smallest absolute Gasteiger partial charge is 0.319 e. The molecule has 1 fully saturated rings. The lowest BCUT2D eigenvalue weighted by atomic mass is 10.1. The highest BCUT2D eigenvalue weighted by atomic mass is 16.4. The van der Waals surface area contributed by atoms with E-state index in [4.69, 9.17) is 5.11 Å². The third kappa shape index (κ3) is 3.98. The standard InChI is InChI=1S/C13H15N3O4/c17-11-6-10(7-14-11)16-13(20)15-9-3-1-2-8(4-9)5-12(18)19/h1-4,10H,5-7H2,(H,14,17)(H,18,19)(H2,15,16,20). The summed E-state index contributed by atoms with van der Waals surface area (Å²) >= 11 is 0. The van der Waals surface area contributed by atoms with Gasteiger partial charge in [0.1, 0.15) is 0 Å². The van der Waals surface area contributed by atoms with E-state index in [0.717, 1.165) is 0 Å². The lowest BCUT2D eigenvalue weighted by Crippen LogP contribution is -2.39. The molecule has 1 unspecified atom stereocenters. The molecule has 7 heteroatoms. The van der Waals surface area contributed by atoms with Crippen LogP contribution in [0.4, 0.5) is 10.5 Å². The summed E-state index contributed by atoms with van der Waals surface area (Å²) in [6.07, 6.45) is 0.171. The van der Waals surface area contributed by atoms with Crippen LogP contribution in [-0.4, -0.2) is 35.6 Å². The first kappa shape index (κ1) is 13.9. The highest BCUT2D eigenvalue weighted by Crippen LogP contribution is 2.11. The van der Waals surface area contributed by atoms with E-state index in [1.54, 1.807) is 24.3 Å². The average molecular weight is 277 g/mol. The van der Waals surface area contributed by atoms with Gasteiger partial charge in [0.25, 0.3) is 0 Å². The van der Waals surface area contributed by atoms with Crippen LogP contribution in [0, 0.1) is 0 Å². The van der Waals surface area contributed by atoms with Gasteiger partial charge in [-0.1, -0.05) is 12.1 Å². The van der Waals surface area contributed by atoms with Gasteiger partial charge in [0.05, 0.1) is 12.5 Å². The zero-order valence-electron chi connectivity index (χ0n) is 10.7. The number of urea groups is 1. The first-order chi connectivity index (χ1) is 9.52. The zero-order chi connectivity index (χ0) is 14.5. The largest absolute Gasteiger partial charge is 0.481 e. The van der Waals surface area contributed by atoms with E-state index in [2.05, 4.69) is 16.0 Å². The van der Waals surface area contributed by atoms with E-state index in [1.807, 2.05) is 0 Å². The summed E-state index contributed by atoms with van der Waals surface area (Å²) in [4.78, 5) is 33.4. The number of hydrogen-bond donors (Lipinski definition) is 4. The number of amides is 3. The van der Waals surface area contributed by atoms with Crippen molar-refractivity contribution in [2.24, 2.45) is 0 Å². The summed E-state index contributed by atoms with van der Waals surface area (Å²) in [6, 6.07) is 5.99. The van der Waals surface area contributed by atoms with Crippen LogP contribution in [0.5, 0.6) is 0 Å². The van der Waals surface area contributed by atoms with Crippen LogP contribution in [0.2, 0.25) is 0 Å². The fraction of sp³-hybridized carbons (Fsp3) is 0.308. The highest BCUT2D eigenvalue weighted by Gasteiger charge is 2.22. The van der Waals surface area contributed by atoms with E-state index < -0.39 is 12.0 Å². The lowest BCUT2D eigenvalue weighted by molar-refractivity contribution is -0.136. The molecule has 20 heavy (non-hydrogen) atoms. The summed E-state index contributed by atoms with van der Waals surface area (Å²) in [5.74, 6) is -1.01. The minimum Gasteiger partial charge on any atom is -0.481 e. The number of rotatable bonds is 4. The number of carbonyl (C=O) groups is 3. The first-order valence-electron chi connectivity index (χ1n) is 6.18. The van der Waals surface area contributed by atoms with Gasteiger partial charge in [-0.05, 0) is 17.7 Å². The predicted octanol–water partition coefficient (Wildman–Crippen LogP) is 0.324. The van der Waals surface area contributed by atoms with E-state index in [-0.39, 0.29) is 24.8 Å². The zero-order valence-corrected chi connectivity index (χ0v) is 10.7. The van der Waals surface area contributed by atoms with Gasteiger partial charge in [-0.25, -0.2) is 4.79 Å². The van der Waals surface area contributed by atoms with Crippen LogP contribution < -0.4 is 16.0 Å². The quantitative estimate of drug-likeness (QED) is 0.635. The van der Waals surface area contributed by atoms with Crippen LogP contribution in [0.3, 0.4) is 0 Å². The predicted molar refractivity (Wildman–Crippen MR) is 71.4 cm³/mol. The first-order valence-corrected chi connectivity index (χ1v) is 6.18. The Bertz CT molecular complexity index is 544. The Kier molecular flexibility index (Phi) is 4.19. The number of carboxylic acid groups (broad SMARTS) is 1. The van der Waals surface area contributed by atoms with Gasteiger partial charge in [-0.2, -0.15) is 0 Å². The van der Waals surface area contributed by atoms with Crippen LogP contribution in [-0.2, 0) is 16.0 Å². The third-order valence-electron chi connectivity index (χ3n) is 2.85. The Morgan fingerprint density at radius 3 is 2.85 bits per heavy atom. The molecule has 0 aliphatic carbocycles. The van der Waals surface area contributed by atoms with Crippen molar-refractivity contribution in [1.29, 1.82) is 0 Å². The molecule has 0 radical (unpaired) electrons. The van der Waals surface area contributed by atoms with Gasteiger partial charge < -0.3 is 21.1 Å². The van der Waals surface area contributed by atoms with Crippen molar-refractivity contribution < 1.29 is 19.5 Å². The Labute approximate surface area is 115 Å². The number of nitrogens with one attached hydrogen (secondary N) is 3. The molecule has 4 N–H and O–H groups in total. The van der Waals surface area contributed by atoms with Crippen molar-refractivity contribution in [1.82, 2.24) is 10.6 Å². The normalized spacial score (nSPS) is 17.4. The Morgan fingerprint density at radius 1 is 1.40 bits per heavy atom. The Hall–Kier alpha value is -2.57. The second-order valence-corrected chi connectivity index (χ2v) is 4.57. The Balaban J connectivity index is 1.90. The number of hydrogen-bond acceptors (Lipinski definition) is 3. The molecular formula is C13H15N3O4. The molecule has 1 heterocycles. The molecule has 106 valence electrons. The van der Waals surface area contributed by atoms with Crippen molar-refractivity contribution in [2.75, 3.05) is 11.9 Å². The van der Waals surface area contributed by atoms with Crippen molar-refractivity contribution >= 4 is 23.6 Å². The molecular weight excluding hydrogens is 262 g/mol. The van der Waals surface area contributed by atoms with Gasteiger partial charge in [0.2, 0.25) is 5.91 Å². The fourth-order valence-electron chi connectivity index (χ4n) is 1.99. The van der Waals surface area contributed by atoms with Crippen LogP contribution in [0.1, 0.15) is 12.0 Å². The van der Waals surface area contributed by atoms with Crippen LogP contribution in [0.25, 0.3) is 0 Å². The second kappa shape index (κ2) is 6.05. The summed E-state index contributed by atoms with van der Waals surface area (Å²) in [5.41, 5.74) is 1.12. The molecule has 0 bridgehead atoms. The van der Waals surface area contributed by atoms with Gasteiger partial charge in [-0.3, -0.25) is 9.59 Å². The molecule has 7 nitrogen and oxygen atoms in total. The minimum atomic E-state index is -0.929. The number of benzene rings is 1. The molecule has 2 rings (SSSR count). The van der Waals surface area contributed by atoms with Crippen LogP contribution >= 0.6 is 0 Å². The third-order valence-corrected chi connectivity index (χ3v) is 2.85. The van der Waals surface area contributed by atoms with E-state index in [9.17, 15) is 14.4 Å². The van der Waals surface area contributed by atoms with Crippen molar-refractivity contribution in [3.05, 3.63) is 29.8 Å². The van der Waals surface area contributed by atoms with E-state index >= 15 is 0 Å². The maximum atomic E-state index is 11.7. The van der Waals surface area contributed by atoms with Gasteiger partial charge >= 0.3 is 12.0 Å². The molecule has 1 saturated heterocycles. The summed E-state index contributed by atoms with van der Waals surface area (Å²) in [7, 11) is 0. The minimum absolute atomic E-state index is 0.0845. The maximum absolute atomic E-state index is 11.7. The molecule has 0 spiro atoms. The monoisotopic (exact) mass is 277 g/mol. The topological polar surface area (TPSA) is 108 Å². The van der Waals surface area contributed by atoms with Gasteiger partial charge in [0, 0.05) is 18.7 Å². The molecule has 1 aromatic rings. The van der Waals surface area contributed by atoms with Gasteiger partial charge in [0.15, 0.2) is 0 Å². The molecule has 1 aliphatic heterocycles. The number of aliphatic carboxylic acids is 1. The second-order valence-electron chi connectivity index (χ2n) is 4.57. The summed E-state index contributed by atoms with van der Waals surface area (Å²) < 4.78 is 0. The SMILES string of the molecule is O=C(O)Cc1cccc(NC(=O)NC2CNC(=O)C2)c1. The average Bonchev–Trinajstić information content (AvgIpc) is 2.74. The van der Waals surface area contributed by atoms with Crippen molar-refractivity contribution in [3.63, 3.8) is 0 Å². The van der Waals surface area contributed by atoms with Gasteiger partial charge in [-0.15, -0.1) is 0 Å². The summed E-state index contributed by atoms with van der Waals surface area (Å²) in [5, 5.41) is 16.6. The molecule has 1 aromatic carbocycles. The molecule has 3 amide bonds. The number of anilines is 1. The fourth-order valence-corrected chi connectivity index (χ4v) is 1.99. The molecule has 1 atom stereocenters. The van der Waals surface area contributed by atoms with Crippen LogP contribution in [0.15, 0.2) is 24.3 Å². The van der Waals surface area contributed by atoms with Crippen molar-refractivity contribution in [3.8, 4) is 0 Å². The molecule has 1 aliphatic rings. The highest BCUT2D eigenvalue weighted by molar-refractivity contribution is 5.90. The summed E-state index contributed by atoms with van der Waals surface area (Å²) in [6.45, 7) is 0.422. The lowest BCUT2D eigenvalue weighted by Gasteiger charge is -2.12. The van der Waals surface area contributed by atoms with Crippen molar-refractivity contribution in [2.45, 2.75) is 18.9 Å². The Morgan fingerprint density at radius 2 is 2.20 bits per heavy atom. The molecule has 0 saturated carbocycles. The number of carboxylic acids is 1. The number of carbonyl (C=O) groups excluding carboxylic acids is 2. The van der Waals surface area contributed by atoms with E-state index in [1.165, 1.54) is 0 Å². The molecule has 0 aromatic heterocycles. The maximum Gasteiger partial charge on any atom is 0.319 e. The van der Waals surface area contributed by atoms with E-state index in [0.29, 0.717) is 17.8 Å².